The molecule has 0 aliphatic heterocycles. The van der Waals surface area contributed by atoms with E-state index in [1.54, 1.807) is 11.3 Å². The summed E-state index contributed by atoms with van der Waals surface area (Å²) in [5.41, 5.74) is 3.57. The second kappa shape index (κ2) is 5.94. The topological polar surface area (TPSA) is 24.9 Å². The van der Waals surface area contributed by atoms with E-state index in [0.29, 0.717) is 0 Å². The van der Waals surface area contributed by atoms with Gasteiger partial charge in [0.15, 0.2) is 0 Å². The van der Waals surface area contributed by atoms with Crippen LogP contribution in [0.5, 0.6) is 0 Å². The molecule has 0 saturated carbocycles. The molecular weight excluding hydrogens is 332 g/mol. The highest BCUT2D eigenvalue weighted by Gasteiger charge is 2.04. The van der Waals surface area contributed by atoms with Gasteiger partial charge in [-0.2, -0.15) is 0 Å². The predicted octanol–water partition coefficient (Wildman–Crippen LogP) is 5.02. The molecule has 0 aliphatic carbocycles. The third-order valence-corrected chi connectivity index (χ3v) is 4.77. The number of thiazole rings is 1. The summed E-state index contributed by atoms with van der Waals surface area (Å²) < 4.78 is 2.35. The Morgan fingerprint density at radius 1 is 1.20 bits per heavy atom. The van der Waals surface area contributed by atoms with Gasteiger partial charge in [0.1, 0.15) is 0 Å². The molecule has 0 spiro atoms. The van der Waals surface area contributed by atoms with Crippen LogP contribution in [0.2, 0.25) is 0 Å². The molecule has 1 aromatic heterocycles. The summed E-state index contributed by atoms with van der Waals surface area (Å²) in [7, 11) is 0. The summed E-state index contributed by atoms with van der Waals surface area (Å²) in [5, 5.41) is 4.65. The molecule has 0 unspecified atom stereocenters. The number of nitrogens with one attached hydrogen (secondary N) is 1. The summed E-state index contributed by atoms with van der Waals surface area (Å²) >= 11 is 5.27. The van der Waals surface area contributed by atoms with Crippen LogP contribution in [0.3, 0.4) is 0 Å². The largest absolute Gasteiger partial charge is 0.384 e. The number of para-hydroxylation sites is 1. The first-order chi connectivity index (χ1) is 9.72. The quantitative estimate of drug-likeness (QED) is 0.717. The molecule has 4 heteroatoms. The van der Waals surface area contributed by atoms with Crippen molar-refractivity contribution in [3.63, 3.8) is 0 Å². The highest BCUT2D eigenvalue weighted by Crippen LogP contribution is 2.25. The number of hydrogen-bond acceptors (Lipinski definition) is 3. The summed E-state index contributed by atoms with van der Waals surface area (Å²) in [6.45, 7) is 3.03. The zero-order valence-corrected chi connectivity index (χ0v) is 13.6. The van der Waals surface area contributed by atoms with Gasteiger partial charge in [-0.25, -0.2) is 4.98 Å². The van der Waals surface area contributed by atoms with Gasteiger partial charge >= 0.3 is 0 Å². The molecule has 3 aromatic rings. The Bertz CT molecular complexity index is 736. The zero-order chi connectivity index (χ0) is 13.9. The zero-order valence-electron chi connectivity index (χ0n) is 11.2. The number of nitrogens with zero attached hydrogens (tertiary/aromatic N) is 1. The first kappa shape index (κ1) is 13.6. The number of halogens is 1. The summed E-state index contributed by atoms with van der Waals surface area (Å²) in [5.74, 6) is 0. The standard InChI is InChI=1S/C16H15BrN2S/c1-11-4-2-3-5-13(11)18-9-8-16-19-14-7-6-12(17)10-15(14)20-16/h2-7,10,18H,8-9H2,1H3. The van der Waals surface area contributed by atoms with Gasteiger partial charge < -0.3 is 5.32 Å². The fourth-order valence-electron chi connectivity index (χ4n) is 2.13. The van der Waals surface area contributed by atoms with Gasteiger partial charge in [-0.3, -0.25) is 0 Å². The maximum atomic E-state index is 4.67. The third kappa shape index (κ3) is 3.02. The van der Waals surface area contributed by atoms with Crippen LogP contribution in [-0.2, 0) is 6.42 Å². The molecule has 3 rings (SSSR count). The molecule has 0 atom stereocenters. The molecule has 0 saturated heterocycles. The van der Waals surface area contributed by atoms with Crippen molar-refractivity contribution in [3.05, 3.63) is 57.5 Å². The molecule has 0 radical (unpaired) electrons. The van der Waals surface area contributed by atoms with Crippen molar-refractivity contribution >= 4 is 43.2 Å². The van der Waals surface area contributed by atoms with E-state index < -0.39 is 0 Å². The van der Waals surface area contributed by atoms with Crippen LogP contribution in [0.4, 0.5) is 5.69 Å². The average Bonchev–Trinajstić information content (AvgIpc) is 2.83. The highest BCUT2D eigenvalue weighted by atomic mass is 79.9. The minimum Gasteiger partial charge on any atom is -0.384 e. The van der Waals surface area contributed by atoms with E-state index in [0.717, 1.165) is 23.0 Å². The molecule has 0 amide bonds. The van der Waals surface area contributed by atoms with Gasteiger partial charge in [0.05, 0.1) is 15.2 Å². The first-order valence-corrected chi connectivity index (χ1v) is 8.18. The summed E-state index contributed by atoms with van der Waals surface area (Å²) in [4.78, 5) is 4.67. The molecule has 1 N–H and O–H groups in total. The monoisotopic (exact) mass is 346 g/mol. The van der Waals surface area contributed by atoms with E-state index in [4.69, 9.17) is 0 Å². The van der Waals surface area contributed by atoms with Crippen LogP contribution in [-0.4, -0.2) is 11.5 Å². The minimum atomic E-state index is 0.909. The molecule has 0 fully saturated rings. The van der Waals surface area contributed by atoms with Crippen LogP contribution < -0.4 is 5.32 Å². The van der Waals surface area contributed by atoms with E-state index >= 15 is 0 Å². The Labute approximate surface area is 131 Å². The van der Waals surface area contributed by atoms with Crippen molar-refractivity contribution in [2.75, 3.05) is 11.9 Å². The molecule has 20 heavy (non-hydrogen) atoms. The van der Waals surface area contributed by atoms with Gasteiger partial charge in [0, 0.05) is 23.1 Å². The number of anilines is 1. The normalized spacial score (nSPS) is 10.9. The smallest absolute Gasteiger partial charge is 0.0956 e. The molecule has 0 aliphatic rings. The molecular formula is C16H15BrN2S. The Hall–Kier alpha value is -1.39. The highest BCUT2D eigenvalue weighted by molar-refractivity contribution is 9.10. The molecule has 0 bridgehead atoms. The van der Waals surface area contributed by atoms with Gasteiger partial charge in [-0.05, 0) is 36.8 Å². The van der Waals surface area contributed by atoms with E-state index in [9.17, 15) is 0 Å². The van der Waals surface area contributed by atoms with Crippen molar-refractivity contribution in [3.8, 4) is 0 Å². The summed E-state index contributed by atoms with van der Waals surface area (Å²) in [6.07, 6.45) is 0.950. The van der Waals surface area contributed by atoms with Gasteiger partial charge in [-0.1, -0.05) is 34.1 Å². The Morgan fingerprint density at radius 3 is 2.90 bits per heavy atom. The van der Waals surface area contributed by atoms with E-state index in [2.05, 4.69) is 69.6 Å². The number of hydrogen-bond donors (Lipinski definition) is 1. The second-order valence-corrected chi connectivity index (χ2v) is 6.74. The van der Waals surface area contributed by atoms with Crippen LogP contribution >= 0.6 is 27.3 Å². The van der Waals surface area contributed by atoms with Crippen molar-refractivity contribution in [1.29, 1.82) is 0 Å². The van der Waals surface area contributed by atoms with Gasteiger partial charge in [-0.15, -0.1) is 11.3 Å². The number of aryl methyl sites for hydroxylation is 1. The fraction of sp³-hybridized carbons (Fsp3) is 0.188. The predicted molar refractivity (Wildman–Crippen MR) is 90.7 cm³/mol. The molecule has 102 valence electrons. The number of aromatic nitrogens is 1. The number of benzene rings is 2. The SMILES string of the molecule is Cc1ccccc1NCCc1nc2ccc(Br)cc2s1. The lowest BCUT2D eigenvalue weighted by Gasteiger charge is -2.07. The van der Waals surface area contributed by atoms with Crippen LogP contribution in [0.1, 0.15) is 10.6 Å². The Balaban J connectivity index is 1.67. The van der Waals surface area contributed by atoms with Crippen LogP contribution in [0, 0.1) is 6.92 Å². The second-order valence-electron chi connectivity index (χ2n) is 4.71. The summed E-state index contributed by atoms with van der Waals surface area (Å²) in [6, 6.07) is 14.6. The Morgan fingerprint density at radius 2 is 2.05 bits per heavy atom. The first-order valence-electron chi connectivity index (χ1n) is 6.57. The van der Waals surface area contributed by atoms with E-state index in [-0.39, 0.29) is 0 Å². The number of fused-ring (bicyclic) bond motifs is 1. The van der Waals surface area contributed by atoms with Gasteiger partial charge in [0.25, 0.3) is 0 Å². The van der Waals surface area contributed by atoms with Crippen molar-refractivity contribution in [1.82, 2.24) is 4.98 Å². The lowest BCUT2D eigenvalue weighted by molar-refractivity contribution is 1.00. The molecule has 2 nitrogen and oxygen atoms in total. The van der Waals surface area contributed by atoms with E-state index in [1.807, 2.05) is 6.07 Å². The van der Waals surface area contributed by atoms with Crippen molar-refractivity contribution in [2.24, 2.45) is 0 Å². The maximum absolute atomic E-state index is 4.67. The van der Waals surface area contributed by atoms with Crippen LogP contribution in [0.15, 0.2) is 46.9 Å². The van der Waals surface area contributed by atoms with E-state index in [1.165, 1.54) is 21.0 Å². The fourth-order valence-corrected chi connectivity index (χ4v) is 3.65. The lowest BCUT2D eigenvalue weighted by atomic mass is 10.2. The number of rotatable bonds is 4. The lowest BCUT2D eigenvalue weighted by Crippen LogP contribution is -2.05. The molecule has 2 aromatic carbocycles. The van der Waals surface area contributed by atoms with Gasteiger partial charge in [0.2, 0.25) is 0 Å². The Kier molecular flexibility index (Phi) is 4.03. The van der Waals surface area contributed by atoms with Crippen molar-refractivity contribution < 1.29 is 0 Å². The average molecular weight is 347 g/mol. The molecule has 1 heterocycles. The van der Waals surface area contributed by atoms with Crippen LogP contribution in [0.25, 0.3) is 10.2 Å². The maximum Gasteiger partial charge on any atom is 0.0956 e. The van der Waals surface area contributed by atoms with Crippen molar-refractivity contribution in [2.45, 2.75) is 13.3 Å². The third-order valence-electron chi connectivity index (χ3n) is 3.19. The minimum absolute atomic E-state index is 0.909.